The van der Waals surface area contributed by atoms with Crippen LogP contribution < -0.4 is 14.8 Å². The minimum absolute atomic E-state index is 0.101. The van der Waals surface area contributed by atoms with E-state index in [0.29, 0.717) is 54.3 Å². The molecule has 4 rings (SSSR count). The first-order valence-corrected chi connectivity index (χ1v) is 13.2. The summed E-state index contributed by atoms with van der Waals surface area (Å²) < 4.78 is 17.1. The maximum Gasteiger partial charge on any atom is 0.312 e. The Morgan fingerprint density at radius 3 is 2.79 bits per heavy atom. The monoisotopic (exact) mass is 538 g/mol. The molecule has 0 radical (unpaired) electrons. The molecule has 3 N–H and O–H groups in total. The summed E-state index contributed by atoms with van der Waals surface area (Å²) in [4.78, 5) is 30.8. The minimum atomic E-state index is -1.21. The summed E-state index contributed by atoms with van der Waals surface area (Å²) in [6, 6.07) is 9.34. The second-order valence-corrected chi connectivity index (χ2v) is 9.71. The van der Waals surface area contributed by atoms with E-state index in [1.807, 2.05) is 31.2 Å². The third-order valence-corrected chi connectivity index (χ3v) is 6.57. The number of hydrogen-bond acceptors (Lipinski definition) is 9. The topological polar surface area (TPSA) is 157 Å². The number of pyridine rings is 1. The van der Waals surface area contributed by atoms with Gasteiger partial charge in [0.15, 0.2) is 12.1 Å². The number of carbonyl (C=O) groups is 2. The number of aliphatic carboxylic acids is 1. The Labute approximate surface area is 226 Å². The number of aromatic nitrogens is 3. The Morgan fingerprint density at radius 2 is 2.03 bits per heavy atom. The second-order valence-electron chi connectivity index (χ2n) is 9.71. The number of nitrogens with one attached hydrogen (secondary N) is 1. The maximum atomic E-state index is 11.4. The van der Waals surface area contributed by atoms with Gasteiger partial charge in [0, 0.05) is 25.6 Å². The number of carboxylic acid groups (broad SMARTS) is 1. The quantitative estimate of drug-likeness (QED) is 0.205. The zero-order chi connectivity index (χ0) is 27.6. The first-order chi connectivity index (χ1) is 18.9. The van der Waals surface area contributed by atoms with Crippen LogP contribution in [-0.4, -0.2) is 56.7 Å². The van der Waals surface area contributed by atoms with Gasteiger partial charge in [0.2, 0.25) is 11.8 Å². The van der Waals surface area contributed by atoms with Crippen molar-refractivity contribution in [1.29, 1.82) is 0 Å². The van der Waals surface area contributed by atoms with Crippen LogP contribution in [0.3, 0.4) is 0 Å². The molecule has 0 unspecified atom stereocenters. The van der Waals surface area contributed by atoms with Crippen molar-refractivity contribution in [2.75, 3.05) is 13.2 Å². The number of ether oxygens (including phenoxy) is 2. The number of rotatable bonds is 14. The third kappa shape index (κ3) is 8.51. The molecule has 1 saturated carbocycles. The number of hydrogen-bond donors (Lipinski definition) is 3. The predicted octanol–water partition coefficient (Wildman–Crippen LogP) is 3.47. The van der Waals surface area contributed by atoms with Gasteiger partial charge in [0.1, 0.15) is 17.7 Å². The molecule has 1 amide bonds. The molecule has 0 saturated heterocycles. The SMILES string of the molecule is Cc1cc(CCc2noc(-c3cccnc3OCC3CCCC3)n2)ccc1O[C@H](O)CCNC(=O)CC(=O)O. The molecule has 0 spiro atoms. The van der Waals surface area contributed by atoms with E-state index in [2.05, 4.69) is 20.4 Å². The van der Waals surface area contributed by atoms with Crippen molar-refractivity contribution in [1.82, 2.24) is 20.4 Å². The highest BCUT2D eigenvalue weighted by Crippen LogP contribution is 2.30. The van der Waals surface area contributed by atoms with Crippen LogP contribution in [0.1, 0.15) is 55.5 Å². The number of aliphatic hydroxyl groups excluding tert-OH is 1. The first-order valence-electron chi connectivity index (χ1n) is 13.2. The number of carbonyl (C=O) groups excluding carboxylic acids is 1. The molecule has 1 aliphatic rings. The van der Waals surface area contributed by atoms with Crippen molar-refractivity contribution < 1.29 is 33.8 Å². The Kier molecular flexibility index (Phi) is 9.85. The standard InChI is InChI=1S/C28H34N4O7/c1-18-15-19(8-10-22(18)38-26(36)12-14-29-24(33)16-25(34)35)9-11-23-31-28(39-32-23)21-7-4-13-30-27(21)37-17-20-5-2-3-6-20/h4,7-8,10,13,15,20,26,36H,2-3,5-6,9,11-12,14,16-17H2,1H3,(H,29,33)(H,34,35)/t26-/m0/s1. The fourth-order valence-electron chi connectivity index (χ4n) is 4.50. The molecule has 11 nitrogen and oxygen atoms in total. The molecular weight excluding hydrogens is 504 g/mol. The van der Waals surface area contributed by atoms with Gasteiger partial charge in [-0.25, -0.2) is 4.98 Å². The molecule has 2 aromatic heterocycles. The molecule has 2 heterocycles. The number of aliphatic hydroxyl groups is 1. The molecule has 208 valence electrons. The van der Waals surface area contributed by atoms with Gasteiger partial charge in [-0.15, -0.1) is 0 Å². The fourth-order valence-corrected chi connectivity index (χ4v) is 4.50. The number of amides is 1. The normalized spacial score (nSPS) is 14.2. The Bertz CT molecular complexity index is 1260. The molecular formula is C28H34N4O7. The van der Waals surface area contributed by atoms with Crippen molar-refractivity contribution in [3.8, 4) is 23.1 Å². The van der Waals surface area contributed by atoms with E-state index in [1.54, 1.807) is 12.3 Å². The molecule has 0 aliphatic heterocycles. The van der Waals surface area contributed by atoms with Gasteiger partial charge < -0.3 is 29.5 Å². The average molecular weight is 539 g/mol. The van der Waals surface area contributed by atoms with Gasteiger partial charge in [-0.1, -0.05) is 30.1 Å². The molecule has 1 aliphatic carbocycles. The number of nitrogens with zero attached hydrogens (tertiary/aromatic N) is 3. The molecule has 39 heavy (non-hydrogen) atoms. The summed E-state index contributed by atoms with van der Waals surface area (Å²) in [5.41, 5.74) is 2.57. The summed E-state index contributed by atoms with van der Waals surface area (Å²) >= 11 is 0. The van der Waals surface area contributed by atoms with Crippen LogP contribution in [0.2, 0.25) is 0 Å². The highest BCUT2D eigenvalue weighted by Gasteiger charge is 2.19. The minimum Gasteiger partial charge on any atom is -0.481 e. The van der Waals surface area contributed by atoms with E-state index in [0.717, 1.165) is 11.1 Å². The summed E-state index contributed by atoms with van der Waals surface area (Å²) in [5.74, 6) is 0.739. The number of aryl methyl sites for hydroxylation is 3. The van der Waals surface area contributed by atoms with Gasteiger partial charge in [-0.2, -0.15) is 4.98 Å². The van der Waals surface area contributed by atoms with Crippen molar-refractivity contribution >= 4 is 11.9 Å². The number of carboxylic acids is 1. The molecule has 3 aromatic rings. The average Bonchev–Trinajstić information content (AvgIpc) is 3.60. The molecule has 1 aromatic carbocycles. The lowest BCUT2D eigenvalue weighted by Gasteiger charge is -2.16. The van der Waals surface area contributed by atoms with E-state index < -0.39 is 24.6 Å². The predicted molar refractivity (Wildman–Crippen MR) is 140 cm³/mol. The zero-order valence-corrected chi connectivity index (χ0v) is 22.0. The van der Waals surface area contributed by atoms with Crippen molar-refractivity contribution in [3.05, 3.63) is 53.5 Å². The largest absolute Gasteiger partial charge is 0.481 e. The van der Waals surface area contributed by atoms with E-state index in [1.165, 1.54) is 25.7 Å². The lowest BCUT2D eigenvalue weighted by molar-refractivity contribution is -0.140. The van der Waals surface area contributed by atoms with Crippen LogP contribution in [0.4, 0.5) is 0 Å². The van der Waals surface area contributed by atoms with E-state index >= 15 is 0 Å². The molecule has 0 bridgehead atoms. The summed E-state index contributed by atoms with van der Waals surface area (Å²) in [6.07, 6.45) is 6.20. The van der Waals surface area contributed by atoms with Crippen LogP contribution in [0.25, 0.3) is 11.5 Å². The molecule has 1 atom stereocenters. The van der Waals surface area contributed by atoms with E-state index in [4.69, 9.17) is 19.1 Å². The molecule has 11 heteroatoms. The van der Waals surface area contributed by atoms with Gasteiger partial charge >= 0.3 is 5.97 Å². The van der Waals surface area contributed by atoms with E-state index in [-0.39, 0.29) is 13.0 Å². The van der Waals surface area contributed by atoms with Crippen LogP contribution in [0, 0.1) is 12.8 Å². The van der Waals surface area contributed by atoms with Gasteiger partial charge in [0.25, 0.3) is 5.89 Å². The maximum absolute atomic E-state index is 11.4. The highest BCUT2D eigenvalue weighted by molar-refractivity contribution is 5.93. The summed E-state index contributed by atoms with van der Waals surface area (Å²) in [7, 11) is 0. The Balaban J connectivity index is 1.27. The Morgan fingerprint density at radius 1 is 1.21 bits per heavy atom. The van der Waals surface area contributed by atoms with Crippen LogP contribution in [0.15, 0.2) is 41.1 Å². The summed E-state index contributed by atoms with van der Waals surface area (Å²) in [6.45, 7) is 2.62. The highest BCUT2D eigenvalue weighted by atomic mass is 16.6. The third-order valence-electron chi connectivity index (χ3n) is 6.57. The van der Waals surface area contributed by atoms with Gasteiger partial charge in [-0.3, -0.25) is 9.59 Å². The zero-order valence-electron chi connectivity index (χ0n) is 22.0. The van der Waals surface area contributed by atoms with Crippen molar-refractivity contribution in [2.24, 2.45) is 5.92 Å². The van der Waals surface area contributed by atoms with Crippen LogP contribution in [0.5, 0.6) is 11.6 Å². The lowest BCUT2D eigenvalue weighted by atomic mass is 10.1. The van der Waals surface area contributed by atoms with Crippen molar-refractivity contribution in [3.63, 3.8) is 0 Å². The lowest BCUT2D eigenvalue weighted by Crippen LogP contribution is -2.30. The van der Waals surface area contributed by atoms with Gasteiger partial charge in [-0.05, 0) is 61.4 Å². The first kappa shape index (κ1) is 28.0. The second kappa shape index (κ2) is 13.7. The van der Waals surface area contributed by atoms with E-state index in [9.17, 15) is 14.7 Å². The number of benzene rings is 1. The van der Waals surface area contributed by atoms with Crippen LogP contribution >= 0.6 is 0 Å². The van der Waals surface area contributed by atoms with Crippen LogP contribution in [-0.2, 0) is 22.4 Å². The fraction of sp³-hybridized carbons (Fsp3) is 0.464. The molecule has 1 fully saturated rings. The van der Waals surface area contributed by atoms with Crippen molar-refractivity contribution in [2.45, 2.75) is 64.6 Å². The van der Waals surface area contributed by atoms with Gasteiger partial charge in [0.05, 0.1) is 6.61 Å². The smallest absolute Gasteiger partial charge is 0.312 e. The Hall–Kier alpha value is -3.99. The summed E-state index contributed by atoms with van der Waals surface area (Å²) in [5, 5.41) is 25.3.